The van der Waals surface area contributed by atoms with Gasteiger partial charge >= 0.3 is 5.97 Å². The Bertz CT molecular complexity index is 813. The average Bonchev–Trinajstić information content (AvgIpc) is 2.64. The summed E-state index contributed by atoms with van der Waals surface area (Å²) < 4.78 is 4.94. The van der Waals surface area contributed by atoms with Gasteiger partial charge in [-0.3, -0.25) is 9.69 Å². The molecule has 1 amide bonds. The summed E-state index contributed by atoms with van der Waals surface area (Å²) in [6, 6.07) is 17.7. The second kappa shape index (κ2) is 9.26. The van der Waals surface area contributed by atoms with Crippen molar-refractivity contribution in [3.8, 4) is 6.07 Å². The molecule has 0 bridgehead atoms. The van der Waals surface area contributed by atoms with E-state index in [0.717, 1.165) is 0 Å². The van der Waals surface area contributed by atoms with Gasteiger partial charge in [0.2, 0.25) is 0 Å². The first-order valence-corrected chi connectivity index (χ1v) is 7.81. The minimum absolute atomic E-state index is 0.129. The van der Waals surface area contributed by atoms with E-state index in [1.807, 2.05) is 6.07 Å². The van der Waals surface area contributed by atoms with Crippen molar-refractivity contribution in [2.45, 2.75) is 0 Å². The zero-order valence-electron chi connectivity index (χ0n) is 13.3. The van der Waals surface area contributed by atoms with Gasteiger partial charge in [0.25, 0.3) is 5.91 Å². The molecule has 0 aliphatic heterocycles. The Hall–Kier alpha value is -3.10. The standard InChI is InChI=1S/C19H15ClN2O3/c20-17-9-5-4-6-15(17)10-11-19(24)25-14-18(23)22(13-12-21)16-7-2-1-3-8-16/h1-11H,13-14H2/b11-10+. The van der Waals surface area contributed by atoms with Crippen LogP contribution in [0.15, 0.2) is 60.7 Å². The van der Waals surface area contributed by atoms with Crippen LogP contribution in [0.2, 0.25) is 5.02 Å². The van der Waals surface area contributed by atoms with Crippen molar-refractivity contribution in [2.24, 2.45) is 0 Å². The number of nitriles is 1. The molecule has 0 spiro atoms. The van der Waals surface area contributed by atoms with Gasteiger partial charge in [0.05, 0.1) is 6.07 Å². The maximum Gasteiger partial charge on any atom is 0.331 e. The molecule has 0 aliphatic rings. The number of carbonyl (C=O) groups excluding carboxylic acids is 2. The summed E-state index contributed by atoms with van der Waals surface area (Å²) in [7, 11) is 0. The normalized spacial score (nSPS) is 10.2. The van der Waals surface area contributed by atoms with Crippen LogP contribution < -0.4 is 4.90 Å². The first-order valence-electron chi connectivity index (χ1n) is 7.43. The number of hydrogen-bond donors (Lipinski definition) is 0. The molecule has 0 aliphatic carbocycles. The summed E-state index contributed by atoms with van der Waals surface area (Å²) in [5.41, 5.74) is 1.24. The largest absolute Gasteiger partial charge is 0.452 e. The Morgan fingerprint density at radius 2 is 1.80 bits per heavy atom. The lowest BCUT2D eigenvalue weighted by Gasteiger charge is -2.19. The maximum absolute atomic E-state index is 12.2. The van der Waals surface area contributed by atoms with Crippen molar-refractivity contribution in [2.75, 3.05) is 18.1 Å². The second-order valence-corrected chi connectivity index (χ2v) is 5.34. The molecule has 2 aromatic rings. The molecular formula is C19H15ClN2O3. The number of anilines is 1. The molecule has 5 nitrogen and oxygen atoms in total. The maximum atomic E-state index is 12.2. The van der Waals surface area contributed by atoms with Crippen molar-refractivity contribution in [3.63, 3.8) is 0 Å². The second-order valence-electron chi connectivity index (χ2n) is 4.94. The highest BCUT2D eigenvalue weighted by Crippen LogP contribution is 2.16. The third kappa shape index (κ3) is 5.48. The lowest BCUT2D eigenvalue weighted by molar-refractivity contribution is -0.142. The van der Waals surface area contributed by atoms with Crippen molar-refractivity contribution < 1.29 is 14.3 Å². The van der Waals surface area contributed by atoms with Crippen LogP contribution in [0.25, 0.3) is 6.08 Å². The number of para-hydroxylation sites is 1. The lowest BCUT2D eigenvalue weighted by Crippen LogP contribution is -2.34. The third-order valence-electron chi connectivity index (χ3n) is 3.24. The molecule has 0 N–H and O–H groups in total. The quantitative estimate of drug-likeness (QED) is 0.452. The average molecular weight is 355 g/mol. The summed E-state index contributed by atoms with van der Waals surface area (Å²) in [6.07, 6.45) is 2.71. The summed E-state index contributed by atoms with van der Waals surface area (Å²) in [6.45, 7) is -0.585. The fourth-order valence-corrected chi connectivity index (χ4v) is 2.23. The highest BCUT2D eigenvalue weighted by molar-refractivity contribution is 6.32. The SMILES string of the molecule is N#CCN(C(=O)COC(=O)/C=C/c1ccccc1Cl)c1ccccc1. The number of esters is 1. The Morgan fingerprint density at radius 3 is 2.48 bits per heavy atom. The molecule has 0 saturated carbocycles. The van der Waals surface area contributed by atoms with E-state index in [9.17, 15) is 9.59 Å². The van der Waals surface area contributed by atoms with E-state index in [2.05, 4.69) is 0 Å². The highest BCUT2D eigenvalue weighted by Gasteiger charge is 2.16. The zero-order valence-corrected chi connectivity index (χ0v) is 14.0. The molecule has 0 fully saturated rings. The van der Waals surface area contributed by atoms with Crippen LogP contribution in [-0.4, -0.2) is 25.0 Å². The van der Waals surface area contributed by atoms with E-state index in [1.165, 1.54) is 17.1 Å². The van der Waals surface area contributed by atoms with Crippen molar-refractivity contribution in [3.05, 3.63) is 71.3 Å². The van der Waals surface area contributed by atoms with E-state index in [1.54, 1.807) is 54.6 Å². The third-order valence-corrected chi connectivity index (χ3v) is 3.58. The summed E-state index contributed by atoms with van der Waals surface area (Å²) in [5.74, 6) is -1.15. The number of rotatable bonds is 6. The van der Waals surface area contributed by atoms with Gasteiger partial charge in [-0.2, -0.15) is 5.26 Å². The van der Waals surface area contributed by atoms with Crippen LogP contribution in [-0.2, 0) is 14.3 Å². The van der Waals surface area contributed by atoms with Crippen molar-refractivity contribution >= 4 is 35.2 Å². The molecule has 0 saturated heterocycles. The topological polar surface area (TPSA) is 70.4 Å². The fraction of sp³-hybridized carbons (Fsp3) is 0.105. The molecule has 0 radical (unpaired) electrons. The van der Waals surface area contributed by atoms with Gasteiger partial charge in [-0.1, -0.05) is 48.0 Å². The van der Waals surface area contributed by atoms with Crippen molar-refractivity contribution in [1.82, 2.24) is 0 Å². The number of amides is 1. The highest BCUT2D eigenvalue weighted by atomic mass is 35.5. The van der Waals surface area contributed by atoms with Gasteiger partial charge in [0.1, 0.15) is 6.54 Å². The summed E-state index contributed by atoms with van der Waals surface area (Å²) in [5, 5.41) is 9.39. The van der Waals surface area contributed by atoms with Crippen LogP contribution in [0.5, 0.6) is 0 Å². The summed E-state index contributed by atoms with van der Waals surface area (Å²) in [4.78, 5) is 25.2. The van der Waals surface area contributed by atoms with Crippen LogP contribution in [0.4, 0.5) is 5.69 Å². The number of carbonyl (C=O) groups is 2. The van der Waals surface area contributed by atoms with Gasteiger partial charge < -0.3 is 4.74 Å². The van der Waals surface area contributed by atoms with Crippen LogP contribution >= 0.6 is 11.6 Å². The predicted molar refractivity (Wildman–Crippen MR) is 95.9 cm³/mol. The van der Waals surface area contributed by atoms with E-state index in [-0.39, 0.29) is 6.54 Å². The van der Waals surface area contributed by atoms with Gasteiger partial charge in [-0.05, 0) is 29.8 Å². The molecular weight excluding hydrogens is 340 g/mol. The molecule has 2 aromatic carbocycles. The molecule has 2 rings (SSSR count). The van der Waals surface area contributed by atoms with Gasteiger partial charge in [-0.25, -0.2) is 4.79 Å². The Kier molecular flexibility index (Phi) is 6.76. The minimum atomic E-state index is -0.668. The van der Waals surface area contributed by atoms with Gasteiger partial charge in [-0.15, -0.1) is 0 Å². The molecule has 0 heterocycles. The van der Waals surface area contributed by atoms with E-state index < -0.39 is 18.5 Å². The number of nitrogens with zero attached hydrogens (tertiary/aromatic N) is 2. The first-order chi connectivity index (χ1) is 12.1. The van der Waals surface area contributed by atoms with E-state index >= 15 is 0 Å². The number of hydrogen-bond acceptors (Lipinski definition) is 4. The van der Waals surface area contributed by atoms with Crippen LogP contribution in [0.3, 0.4) is 0 Å². The Morgan fingerprint density at radius 1 is 1.12 bits per heavy atom. The van der Waals surface area contributed by atoms with E-state index in [0.29, 0.717) is 16.3 Å². The molecule has 0 unspecified atom stereocenters. The monoisotopic (exact) mass is 354 g/mol. The minimum Gasteiger partial charge on any atom is -0.452 e. The van der Waals surface area contributed by atoms with E-state index in [4.69, 9.17) is 21.6 Å². The van der Waals surface area contributed by atoms with Gasteiger partial charge in [0.15, 0.2) is 6.61 Å². The summed E-state index contributed by atoms with van der Waals surface area (Å²) >= 11 is 5.98. The lowest BCUT2D eigenvalue weighted by atomic mass is 10.2. The number of halogens is 1. The fourth-order valence-electron chi connectivity index (χ4n) is 2.03. The van der Waals surface area contributed by atoms with Crippen molar-refractivity contribution in [1.29, 1.82) is 5.26 Å². The molecule has 0 atom stereocenters. The Balaban J connectivity index is 1.95. The zero-order chi connectivity index (χ0) is 18.1. The molecule has 6 heteroatoms. The van der Waals surface area contributed by atoms with Gasteiger partial charge in [0, 0.05) is 16.8 Å². The smallest absolute Gasteiger partial charge is 0.331 e. The van der Waals surface area contributed by atoms with Crippen LogP contribution in [0.1, 0.15) is 5.56 Å². The predicted octanol–water partition coefficient (Wildman–Crippen LogP) is 3.45. The molecule has 126 valence electrons. The van der Waals surface area contributed by atoms with Crippen LogP contribution in [0, 0.1) is 11.3 Å². The first kappa shape index (κ1) is 18.2. The Labute approximate surface area is 150 Å². The molecule has 0 aromatic heterocycles. The number of benzene rings is 2. The molecule has 25 heavy (non-hydrogen) atoms. The number of ether oxygens (including phenoxy) is 1.